The van der Waals surface area contributed by atoms with Crippen molar-refractivity contribution in [3.63, 3.8) is 0 Å². The summed E-state index contributed by atoms with van der Waals surface area (Å²) >= 11 is 0. The molecule has 0 spiro atoms. The summed E-state index contributed by atoms with van der Waals surface area (Å²) in [6.07, 6.45) is 0.278. The molecule has 0 atom stereocenters. The Bertz CT molecular complexity index is 764. The van der Waals surface area contributed by atoms with E-state index in [4.69, 9.17) is 19.9 Å². The standard InChI is InChI=1S/C14H20O3.C8H11NO.2CH4/c1-10-11(7-6-8-12(10)16-5)9-13(15)17-14(2,3)4;1-6-7(9)4-3-5-8(6)10-2;;/h6-8H,9H2,1-5H3;3-5H,9H2,1-2H3;2*1H4. The second kappa shape index (κ2) is 12.7. The van der Waals surface area contributed by atoms with Gasteiger partial charge < -0.3 is 19.9 Å². The second-order valence-corrected chi connectivity index (χ2v) is 7.18. The maximum Gasteiger partial charge on any atom is 0.310 e. The zero-order chi connectivity index (χ0) is 20.6. The van der Waals surface area contributed by atoms with Gasteiger partial charge in [0.05, 0.1) is 20.6 Å². The van der Waals surface area contributed by atoms with Crippen molar-refractivity contribution in [2.24, 2.45) is 0 Å². The van der Waals surface area contributed by atoms with E-state index >= 15 is 0 Å². The second-order valence-electron chi connectivity index (χ2n) is 7.18. The fourth-order valence-electron chi connectivity index (χ4n) is 2.46. The van der Waals surface area contributed by atoms with Crippen LogP contribution < -0.4 is 15.2 Å². The molecule has 2 rings (SSSR count). The molecule has 0 unspecified atom stereocenters. The molecular formula is C24H39NO4. The summed E-state index contributed by atoms with van der Waals surface area (Å²) in [5.41, 5.74) is 8.89. The lowest BCUT2D eigenvalue weighted by Gasteiger charge is -2.20. The van der Waals surface area contributed by atoms with Crippen LogP contribution in [0.1, 0.15) is 52.3 Å². The molecule has 2 aromatic carbocycles. The number of hydrogen-bond donors (Lipinski definition) is 1. The maximum atomic E-state index is 11.7. The van der Waals surface area contributed by atoms with Gasteiger partial charge in [-0.15, -0.1) is 0 Å². The van der Waals surface area contributed by atoms with Gasteiger partial charge in [0.1, 0.15) is 17.1 Å². The molecule has 0 aromatic heterocycles. The number of anilines is 1. The number of ether oxygens (including phenoxy) is 3. The van der Waals surface area contributed by atoms with Gasteiger partial charge in [0.2, 0.25) is 0 Å². The van der Waals surface area contributed by atoms with Crippen LogP contribution in [-0.2, 0) is 16.0 Å². The Hall–Kier alpha value is -2.69. The quantitative estimate of drug-likeness (QED) is 0.518. The summed E-state index contributed by atoms with van der Waals surface area (Å²) < 4.78 is 15.6. The smallest absolute Gasteiger partial charge is 0.310 e. The predicted octanol–water partition coefficient (Wildman–Crippen LogP) is 5.75. The average Bonchev–Trinajstić information content (AvgIpc) is 2.58. The summed E-state index contributed by atoms with van der Waals surface area (Å²) in [5.74, 6) is 1.43. The summed E-state index contributed by atoms with van der Waals surface area (Å²) in [4.78, 5) is 11.7. The third-order valence-electron chi connectivity index (χ3n) is 3.92. The Morgan fingerprint density at radius 3 is 1.83 bits per heavy atom. The molecule has 29 heavy (non-hydrogen) atoms. The number of hydrogen-bond acceptors (Lipinski definition) is 5. The van der Waals surface area contributed by atoms with Gasteiger partial charge in [-0.2, -0.15) is 0 Å². The number of benzene rings is 2. The minimum Gasteiger partial charge on any atom is -0.496 e. The molecule has 164 valence electrons. The Balaban J connectivity index is 0. The monoisotopic (exact) mass is 405 g/mol. The van der Waals surface area contributed by atoms with Gasteiger partial charge in [-0.25, -0.2) is 0 Å². The van der Waals surface area contributed by atoms with Crippen molar-refractivity contribution in [2.45, 2.75) is 61.5 Å². The molecule has 0 aliphatic rings. The third kappa shape index (κ3) is 9.37. The van der Waals surface area contributed by atoms with Gasteiger partial charge in [-0.05, 0) is 63.9 Å². The normalized spacial score (nSPS) is 9.76. The Labute approximate surface area is 177 Å². The number of methoxy groups -OCH3 is 2. The highest BCUT2D eigenvalue weighted by molar-refractivity contribution is 5.73. The van der Waals surface area contributed by atoms with Crippen LogP contribution in [0.15, 0.2) is 36.4 Å². The van der Waals surface area contributed by atoms with Crippen LogP contribution in [0.5, 0.6) is 11.5 Å². The SMILES string of the molecule is C.C.COc1cccc(CC(=O)OC(C)(C)C)c1C.COc1cccc(N)c1C. The van der Waals surface area contributed by atoms with Crippen LogP contribution in [0.25, 0.3) is 0 Å². The molecule has 5 heteroatoms. The van der Waals surface area contributed by atoms with E-state index in [0.717, 1.165) is 33.9 Å². The van der Waals surface area contributed by atoms with Gasteiger partial charge >= 0.3 is 5.97 Å². The van der Waals surface area contributed by atoms with E-state index in [9.17, 15) is 4.79 Å². The van der Waals surface area contributed by atoms with Crippen LogP contribution >= 0.6 is 0 Å². The van der Waals surface area contributed by atoms with Crippen LogP contribution in [0.2, 0.25) is 0 Å². The molecule has 0 bridgehead atoms. The van der Waals surface area contributed by atoms with Crippen molar-refractivity contribution in [2.75, 3.05) is 20.0 Å². The molecule has 2 N–H and O–H groups in total. The highest BCUT2D eigenvalue weighted by Gasteiger charge is 2.17. The topological polar surface area (TPSA) is 70.8 Å². The summed E-state index contributed by atoms with van der Waals surface area (Å²) in [6.45, 7) is 9.47. The van der Waals surface area contributed by atoms with Crippen molar-refractivity contribution < 1.29 is 19.0 Å². The summed E-state index contributed by atoms with van der Waals surface area (Å²) in [7, 11) is 3.27. The predicted molar refractivity (Wildman–Crippen MR) is 123 cm³/mol. The lowest BCUT2D eigenvalue weighted by atomic mass is 10.0. The van der Waals surface area contributed by atoms with Crippen LogP contribution in [0, 0.1) is 13.8 Å². The van der Waals surface area contributed by atoms with E-state index in [1.54, 1.807) is 14.2 Å². The fraction of sp³-hybridized carbons (Fsp3) is 0.458. The van der Waals surface area contributed by atoms with Crippen LogP contribution in [0.3, 0.4) is 0 Å². The molecule has 0 heterocycles. The molecular weight excluding hydrogens is 366 g/mol. The minimum absolute atomic E-state index is 0. The maximum absolute atomic E-state index is 11.7. The Kier molecular flexibility index (Phi) is 12.5. The first kappa shape index (κ1) is 28.5. The molecule has 0 saturated heterocycles. The Morgan fingerprint density at radius 2 is 1.38 bits per heavy atom. The van der Waals surface area contributed by atoms with E-state index in [-0.39, 0.29) is 27.2 Å². The molecule has 5 nitrogen and oxygen atoms in total. The van der Waals surface area contributed by atoms with Crippen molar-refractivity contribution in [3.05, 3.63) is 53.1 Å². The van der Waals surface area contributed by atoms with Crippen molar-refractivity contribution >= 4 is 11.7 Å². The lowest BCUT2D eigenvalue weighted by Crippen LogP contribution is -2.25. The lowest BCUT2D eigenvalue weighted by molar-refractivity contribution is -0.153. The highest BCUT2D eigenvalue weighted by Crippen LogP contribution is 2.22. The third-order valence-corrected chi connectivity index (χ3v) is 3.92. The van der Waals surface area contributed by atoms with Gasteiger partial charge in [0.15, 0.2) is 0 Å². The zero-order valence-electron chi connectivity index (χ0n) is 17.4. The van der Waals surface area contributed by atoms with E-state index in [1.807, 2.05) is 71.0 Å². The highest BCUT2D eigenvalue weighted by atomic mass is 16.6. The molecule has 2 aromatic rings. The van der Waals surface area contributed by atoms with Gasteiger partial charge in [0, 0.05) is 11.3 Å². The van der Waals surface area contributed by atoms with Crippen molar-refractivity contribution in [1.82, 2.24) is 0 Å². The van der Waals surface area contributed by atoms with E-state index < -0.39 is 5.60 Å². The van der Waals surface area contributed by atoms with E-state index in [2.05, 4.69) is 0 Å². The van der Waals surface area contributed by atoms with Crippen molar-refractivity contribution in [3.8, 4) is 11.5 Å². The number of nitrogens with two attached hydrogens (primary N) is 1. The van der Waals surface area contributed by atoms with E-state index in [1.165, 1.54) is 0 Å². The molecule has 0 saturated carbocycles. The first-order valence-electron chi connectivity index (χ1n) is 8.82. The van der Waals surface area contributed by atoms with Crippen LogP contribution in [-0.4, -0.2) is 25.8 Å². The molecule has 0 amide bonds. The van der Waals surface area contributed by atoms with Crippen LogP contribution in [0.4, 0.5) is 5.69 Å². The first-order chi connectivity index (χ1) is 12.6. The summed E-state index contributed by atoms with van der Waals surface area (Å²) in [5, 5.41) is 0. The number of carbonyl (C=O) groups excluding carboxylic acids is 1. The Morgan fingerprint density at radius 1 is 0.897 bits per heavy atom. The zero-order valence-corrected chi connectivity index (χ0v) is 17.4. The minimum atomic E-state index is -0.441. The first-order valence-corrected chi connectivity index (χ1v) is 8.82. The number of esters is 1. The molecule has 0 fully saturated rings. The molecule has 0 aliphatic carbocycles. The number of nitrogen functional groups attached to an aromatic ring is 1. The molecule has 0 aliphatic heterocycles. The number of rotatable bonds is 4. The van der Waals surface area contributed by atoms with Gasteiger partial charge in [-0.3, -0.25) is 4.79 Å². The van der Waals surface area contributed by atoms with Gasteiger partial charge in [-0.1, -0.05) is 33.1 Å². The largest absolute Gasteiger partial charge is 0.496 e. The van der Waals surface area contributed by atoms with Gasteiger partial charge in [0.25, 0.3) is 0 Å². The fourth-order valence-corrected chi connectivity index (χ4v) is 2.46. The van der Waals surface area contributed by atoms with Crippen molar-refractivity contribution in [1.29, 1.82) is 0 Å². The van der Waals surface area contributed by atoms with E-state index in [0.29, 0.717) is 0 Å². The average molecular weight is 406 g/mol. The summed E-state index contributed by atoms with van der Waals surface area (Å²) in [6, 6.07) is 11.3. The molecule has 0 radical (unpaired) electrons. The number of carbonyl (C=O) groups is 1.